The molecule has 0 spiro atoms. The van der Waals surface area contributed by atoms with Crippen molar-refractivity contribution in [3.05, 3.63) is 29.8 Å². The summed E-state index contributed by atoms with van der Waals surface area (Å²) in [6.45, 7) is 5.00. The number of hydrogen-bond acceptors (Lipinski definition) is 3. The van der Waals surface area contributed by atoms with Crippen molar-refractivity contribution in [2.24, 2.45) is 0 Å². The van der Waals surface area contributed by atoms with Gasteiger partial charge in [0.25, 0.3) is 0 Å². The Labute approximate surface area is 107 Å². The fourth-order valence-electron chi connectivity index (χ4n) is 1.67. The van der Waals surface area contributed by atoms with E-state index in [1.165, 1.54) is 6.08 Å². The van der Waals surface area contributed by atoms with Crippen LogP contribution in [0.2, 0.25) is 0 Å². The van der Waals surface area contributed by atoms with Crippen molar-refractivity contribution >= 4 is 12.0 Å². The molecule has 4 nitrogen and oxygen atoms in total. The molecule has 0 radical (unpaired) electrons. The van der Waals surface area contributed by atoms with Crippen molar-refractivity contribution in [2.45, 2.75) is 19.9 Å². The number of carbonyl (C=O) groups excluding carboxylic acids is 1. The molecule has 1 aromatic rings. The minimum absolute atomic E-state index is 0.0973. The summed E-state index contributed by atoms with van der Waals surface area (Å²) in [5.74, 6) is 1.39. The van der Waals surface area contributed by atoms with Crippen molar-refractivity contribution in [1.82, 2.24) is 5.32 Å². The first-order valence-electron chi connectivity index (χ1n) is 6.03. The molecule has 0 unspecified atom stereocenters. The first-order chi connectivity index (χ1) is 8.65. The molecule has 0 aliphatic carbocycles. The molecule has 1 heterocycles. The average molecular weight is 247 g/mol. The Morgan fingerprint density at radius 3 is 2.72 bits per heavy atom. The third-order valence-corrected chi connectivity index (χ3v) is 2.42. The van der Waals surface area contributed by atoms with E-state index in [0.717, 1.165) is 17.1 Å². The molecule has 0 aromatic heterocycles. The van der Waals surface area contributed by atoms with Crippen LogP contribution < -0.4 is 14.8 Å². The molecule has 0 fully saturated rings. The fourth-order valence-corrected chi connectivity index (χ4v) is 1.67. The maximum absolute atomic E-state index is 11.5. The Bertz CT molecular complexity index is 466. The van der Waals surface area contributed by atoms with E-state index in [-0.39, 0.29) is 11.9 Å². The van der Waals surface area contributed by atoms with Gasteiger partial charge >= 0.3 is 0 Å². The summed E-state index contributed by atoms with van der Waals surface area (Å²) < 4.78 is 10.9. The molecule has 0 saturated carbocycles. The highest BCUT2D eigenvalue weighted by molar-refractivity contribution is 5.91. The number of carbonyl (C=O) groups is 1. The number of ether oxygens (including phenoxy) is 2. The Kier molecular flexibility index (Phi) is 3.87. The van der Waals surface area contributed by atoms with Gasteiger partial charge in [0, 0.05) is 12.1 Å². The molecular weight excluding hydrogens is 230 g/mol. The second kappa shape index (κ2) is 5.58. The van der Waals surface area contributed by atoms with Gasteiger partial charge in [-0.3, -0.25) is 4.79 Å². The SMILES string of the molecule is CC(C)NC(=O)/C=C/c1ccc2c(c1)OCCO2. The second-order valence-electron chi connectivity index (χ2n) is 4.40. The largest absolute Gasteiger partial charge is 0.486 e. The molecular formula is C14H17NO3. The van der Waals surface area contributed by atoms with Gasteiger partial charge in [-0.25, -0.2) is 0 Å². The highest BCUT2D eigenvalue weighted by atomic mass is 16.6. The zero-order valence-corrected chi connectivity index (χ0v) is 10.6. The average Bonchev–Trinajstić information content (AvgIpc) is 2.35. The maximum atomic E-state index is 11.5. The summed E-state index contributed by atoms with van der Waals surface area (Å²) in [6.07, 6.45) is 3.28. The predicted octanol–water partition coefficient (Wildman–Crippen LogP) is 2.00. The summed E-state index contributed by atoms with van der Waals surface area (Å²) in [5.41, 5.74) is 0.915. The van der Waals surface area contributed by atoms with Gasteiger partial charge in [-0.05, 0) is 37.6 Å². The number of fused-ring (bicyclic) bond motifs is 1. The van der Waals surface area contributed by atoms with Crippen molar-refractivity contribution in [3.8, 4) is 11.5 Å². The van der Waals surface area contributed by atoms with Crippen LogP contribution in [0.3, 0.4) is 0 Å². The first kappa shape index (κ1) is 12.5. The fraction of sp³-hybridized carbons (Fsp3) is 0.357. The van der Waals surface area contributed by atoms with E-state index < -0.39 is 0 Å². The topological polar surface area (TPSA) is 47.6 Å². The molecule has 2 rings (SSSR count). The Hall–Kier alpha value is -1.97. The van der Waals surface area contributed by atoms with E-state index >= 15 is 0 Å². The van der Waals surface area contributed by atoms with Crippen LogP contribution >= 0.6 is 0 Å². The zero-order valence-electron chi connectivity index (χ0n) is 10.6. The van der Waals surface area contributed by atoms with Gasteiger partial charge in [-0.2, -0.15) is 0 Å². The summed E-state index contributed by atoms with van der Waals surface area (Å²) >= 11 is 0. The Morgan fingerprint density at radius 1 is 1.28 bits per heavy atom. The summed E-state index contributed by atoms with van der Waals surface area (Å²) in [5, 5.41) is 2.79. The molecule has 18 heavy (non-hydrogen) atoms. The van der Waals surface area contributed by atoms with E-state index in [1.54, 1.807) is 6.08 Å². The van der Waals surface area contributed by atoms with Crippen LogP contribution in [-0.4, -0.2) is 25.2 Å². The Balaban J connectivity index is 2.05. The minimum atomic E-state index is -0.0973. The molecule has 1 aliphatic heterocycles. The summed E-state index contributed by atoms with van der Waals surface area (Å²) in [7, 11) is 0. The molecule has 1 N–H and O–H groups in total. The molecule has 1 aliphatic rings. The van der Waals surface area contributed by atoms with Gasteiger partial charge in [-0.1, -0.05) is 6.07 Å². The molecule has 96 valence electrons. The van der Waals surface area contributed by atoms with Crippen LogP contribution in [-0.2, 0) is 4.79 Å². The highest BCUT2D eigenvalue weighted by Crippen LogP contribution is 2.30. The van der Waals surface area contributed by atoms with Crippen LogP contribution in [0.1, 0.15) is 19.4 Å². The van der Waals surface area contributed by atoms with E-state index in [0.29, 0.717) is 13.2 Å². The van der Waals surface area contributed by atoms with Gasteiger partial charge in [0.1, 0.15) is 13.2 Å². The van der Waals surface area contributed by atoms with Crippen LogP contribution in [0.5, 0.6) is 11.5 Å². The van der Waals surface area contributed by atoms with Gasteiger partial charge in [0.05, 0.1) is 0 Å². The number of benzene rings is 1. The van der Waals surface area contributed by atoms with Gasteiger partial charge in [0.15, 0.2) is 11.5 Å². The Morgan fingerprint density at radius 2 is 2.00 bits per heavy atom. The summed E-state index contributed by atoms with van der Waals surface area (Å²) in [6, 6.07) is 5.76. The lowest BCUT2D eigenvalue weighted by Crippen LogP contribution is -2.28. The second-order valence-corrected chi connectivity index (χ2v) is 4.40. The molecule has 0 atom stereocenters. The van der Waals surface area contributed by atoms with Crippen molar-refractivity contribution in [2.75, 3.05) is 13.2 Å². The van der Waals surface area contributed by atoms with Gasteiger partial charge in [0.2, 0.25) is 5.91 Å². The van der Waals surface area contributed by atoms with Crippen molar-refractivity contribution in [1.29, 1.82) is 0 Å². The van der Waals surface area contributed by atoms with E-state index in [2.05, 4.69) is 5.32 Å². The van der Waals surface area contributed by atoms with E-state index in [4.69, 9.17) is 9.47 Å². The third kappa shape index (κ3) is 3.26. The lowest BCUT2D eigenvalue weighted by molar-refractivity contribution is -0.116. The number of amides is 1. The molecule has 1 amide bonds. The predicted molar refractivity (Wildman–Crippen MR) is 69.7 cm³/mol. The smallest absolute Gasteiger partial charge is 0.244 e. The van der Waals surface area contributed by atoms with Gasteiger partial charge < -0.3 is 14.8 Å². The standard InChI is InChI=1S/C14H17NO3/c1-10(2)15-14(16)6-4-11-3-5-12-13(9-11)18-8-7-17-12/h3-6,9-10H,7-8H2,1-2H3,(H,15,16)/b6-4+. The number of nitrogens with one attached hydrogen (secondary N) is 1. The third-order valence-electron chi connectivity index (χ3n) is 2.42. The lowest BCUT2D eigenvalue weighted by Gasteiger charge is -2.18. The highest BCUT2D eigenvalue weighted by Gasteiger charge is 2.10. The number of hydrogen-bond donors (Lipinski definition) is 1. The molecule has 4 heteroatoms. The first-order valence-corrected chi connectivity index (χ1v) is 6.03. The lowest BCUT2D eigenvalue weighted by atomic mass is 10.2. The van der Waals surface area contributed by atoms with Crippen LogP contribution in [0.25, 0.3) is 6.08 Å². The zero-order chi connectivity index (χ0) is 13.0. The van der Waals surface area contributed by atoms with Gasteiger partial charge in [-0.15, -0.1) is 0 Å². The normalized spacial score (nSPS) is 13.9. The van der Waals surface area contributed by atoms with Crippen molar-refractivity contribution < 1.29 is 14.3 Å². The van der Waals surface area contributed by atoms with E-state index in [9.17, 15) is 4.79 Å². The monoisotopic (exact) mass is 247 g/mol. The maximum Gasteiger partial charge on any atom is 0.244 e. The quantitative estimate of drug-likeness (QED) is 0.831. The van der Waals surface area contributed by atoms with Crippen LogP contribution in [0, 0.1) is 0 Å². The van der Waals surface area contributed by atoms with Crippen LogP contribution in [0.4, 0.5) is 0 Å². The number of rotatable bonds is 3. The van der Waals surface area contributed by atoms with E-state index in [1.807, 2.05) is 32.0 Å². The molecule has 0 saturated heterocycles. The molecule has 0 bridgehead atoms. The minimum Gasteiger partial charge on any atom is -0.486 e. The van der Waals surface area contributed by atoms with Crippen LogP contribution in [0.15, 0.2) is 24.3 Å². The summed E-state index contributed by atoms with van der Waals surface area (Å²) in [4.78, 5) is 11.5. The molecule has 1 aromatic carbocycles. The van der Waals surface area contributed by atoms with Crippen molar-refractivity contribution in [3.63, 3.8) is 0 Å².